The molecule has 0 saturated carbocycles. The second kappa shape index (κ2) is 9.15. The molecular weight excluding hydrogens is 206 g/mol. The number of carbonyl (C=O) groups is 2. The van der Waals surface area contributed by atoms with Crippen molar-refractivity contribution in [1.82, 2.24) is 10.2 Å². The van der Waals surface area contributed by atoms with Gasteiger partial charge in [-0.2, -0.15) is 0 Å². The first-order chi connectivity index (χ1) is 7.60. The van der Waals surface area contributed by atoms with E-state index in [1.807, 2.05) is 0 Å². The Morgan fingerprint density at radius 3 is 2.00 bits per heavy atom. The highest BCUT2D eigenvalue weighted by Gasteiger charge is 2.10. The van der Waals surface area contributed by atoms with Gasteiger partial charge in [0.05, 0.1) is 6.54 Å². The van der Waals surface area contributed by atoms with Gasteiger partial charge in [-0.1, -0.05) is 26.7 Å². The molecule has 5 heteroatoms. The second-order valence-electron chi connectivity index (χ2n) is 3.90. The molecule has 3 amide bonds. The average molecular weight is 229 g/mol. The zero-order chi connectivity index (χ0) is 12.4. The van der Waals surface area contributed by atoms with Crippen molar-refractivity contribution < 1.29 is 9.59 Å². The Morgan fingerprint density at radius 1 is 1.12 bits per heavy atom. The van der Waals surface area contributed by atoms with E-state index in [0.29, 0.717) is 0 Å². The summed E-state index contributed by atoms with van der Waals surface area (Å²) in [6, 6.07) is -0.782. The molecule has 0 bridgehead atoms. The minimum absolute atomic E-state index is 0.253. The van der Waals surface area contributed by atoms with Gasteiger partial charge in [0.2, 0.25) is 5.91 Å². The number of urea groups is 1. The summed E-state index contributed by atoms with van der Waals surface area (Å²) in [7, 11) is 0. The van der Waals surface area contributed by atoms with Crippen LogP contribution in [0.25, 0.3) is 0 Å². The lowest BCUT2D eigenvalue weighted by Gasteiger charge is -2.20. The fourth-order valence-corrected chi connectivity index (χ4v) is 1.41. The molecule has 94 valence electrons. The number of unbranched alkanes of at least 4 members (excludes halogenated alkanes) is 2. The molecule has 0 aromatic rings. The third kappa shape index (κ3) is 8.23. The zero-order valence-electron chi connectivity index (χ0n) is 10.3. The highest BCUT2D eigenvalue weighted by Crippen LogP contribution is 1.98. The van der Waals surface area contributed by atoms with Crippen LogP contribution in [0.1, 0.15) is 39.5 Å². The summed E-state index contributed by atoms with van der Waals surface area (Å²) >= 11 is 0. The molecule has 0 unspecified atom stereocenters. The molecule has 0 aromatic heterocycles. The van der Waals surface area contributed by atoms with E-state index in [0.717, 1.165) is 38.8 Å². The monoisotopic (exact) mass is 229 g/mol. The van der Waals surface area contributed by atoms with Crippen LogP contribution in [-0.2, 0) is 4.79 Å². The van der Waals surface area contributed by atoms with Gasteiger partial charge in [0.1, 0.15) is 0 Å². The van der Waals surface area contributed by atoms with Crippen molar-refractivity contribution in [3.8, 4) is 0 Å². The van der Waals surface area contributed by atoms with Crippen molar-refractivity contribution >= 4 is 11.9 Å². The van der Waals surface area contributed by atoms with Gasteiger partial charge >= 0.3 is 6.03 Å². The molecule has 3 N–H and O–H groups in total. The van der Waals surface area contributed by atoms with Crippen molar-refractivity contribution in [2.24, 2.45) is 5.73 Å². The minimum atomic E-state index is -0.782. The van der Waals surface area contributed by atoms with E-state index in [2.05, 4.69) is 24.1 Å². The van der Waals surface area contributed by atoms with Gasteiger partial charge in [0, 0.05) is 0 Å². The van der Waals surface area contributed by atoms with Crippen LogP contribution >= 0.6 is 0 Å². The van der Waals surface area contributed by atoms with E-state index < -0.39 is 6.03 Å². The van der Waals surface area contributed by atoms with Crippen molar-refractivity contribution in [1.29, 1.82) is 0 Å². The van der Waals surface area contributed by atoms with E-state index in [-0.39, 0.29) is 12.5 Å². The normalized spacial score (nSPS) is 10.4. The van der Waals surface area contributed by atoms with Gasteiger partial charge in [-0.05, 0) is 25.9 Å². The number of amides is 3. The van der Waals surface area contributed by atoms with Gasteiger partial charge in [-0.25, -0.2) is 4.79 Å². The van der Waals surface area contributed by atoms with Crippen LogP contribution in [-0.4, -0.2) is 36.5 Å². The minimum Gasteiger partial charge on any atom is -0.351 e. The Hall–Kier alpha value is -1.10. The van der Waals surface area contributed by atoms with Gasteiger partial charge in [-0.3, -0.25) is 15.0 Å². The first kappa shape index (κ1) is 14.9. The lowest BCUT2D eigenvalue weighted by molar-refractivity contribution is -0.121. The van der Waals surface area contributed by atoms with Crippen molar-refractivity contribution in [3.63, 3.8) is 0 Å². The Balaban J connectivity index is 3.97. The van der Waals surface area contributed by atoms with Crippen LogP contribution < -0.4 is 11.1 Å². The number of imide groups is 1. The summed E-state index contributed by atoms with van der Waals surface area (Å²) < 4.78 is 0. The molecule has 0 atom stereocenters. The Morgan fingerprint density at radius 2 is 1.62 bits per heavy atom. The fourth-order valence-electron chi connectivity index (χ4n) is 1.41. The highest BCUT2D eigenvalue weighted by molar-refractivity contribution is 5.94. The van der Waals surface area contributed by atoms with Crippen LogP contribution in [0.5, 0.6) is 0 Å². The lowest BCUT2D eigenvalue weighted by atomic mass is 10.2. The first-order valence-corrected chi connectivity index (χ1v) is 5.91. The number of hydrogen-bond donors (Lipinski definition) is 2. The summed E-state index contributed by atoms with van der Waals surface area (Å²) in [5, 5.41) is 2.08. The number of nitrogens with one attached hydrogen (secondary N) is 1. The van der Waals surface area contributed by atoms with Crippen molar-refractivity contribution in [3.05, 3.63) is 0 Å². The first-order valence-electron chi connectivity index (χ1n) is 5.91. The Labute approximate surface area is 97.4 Å². The van der Waals surface area contributed by atoms with Crippen LogP contribution in [0.2, 0.25) is 0 Å². The summed E-state index contributed by atoms with van der Waals surface area (Å²) in [6.45, 7) is 6.26. The Kier molecular flexibility index (Phi) is 8.52. The smallest absolute Gasteiger partial charge is 0.318 e. The molecular formula is C11H23N3O2. The number of hydrogen-bond acceptors (Lipinski definition) is 3. The molecule has 0 aromatic carbocycles. The predicted octanol–water partition coefficient (Wildman–Crippen LogP) is 1.08. The van der Waals surface area contributed by atoms with Gasteiger partial charge in [-0.15, -0.1) is 0 Å². The topological polar surface area (TPSA) is 75.4 Å². The third-order valence-corrected chi connectivity index (χ3v) is 2.29. The van der Waals surface area contributed by atoms with Crippen molar-refractivity contribution in [2.45, 2.75) is 39.5 Å². The number of nitrogens with zero attached hydrogens (tertiary/aromatic N) is 1. The van der Waals surface area contributed by atoms with Crippen molar-refractivity contribution in [2.75, 3.05) is 19.6 Å². The summed E-state index contributed by atoms with van der Waals surface area (Å²) in [6.07, 6.45) is 4.32. The van der Waals surface area contributed by atoms with Crippen LogP contribution in [0.4, 0.5) is 4.79 Å². The quantitative estimate of drug-likeness (QED) is 0.654. The highest BCUT2D eigenvalue weighted by atomic mass is 16.2. The number of primary amides is 1. The third-order valence-electron chi connectivity index (χ3n) is 2.29. The molecule has 0 rings (SSSR count). The van der Waals surface area contributed by atoms with Gasteiger partial charge in [0.25, 0.3) is 0 Å². The molecule has 0 aliphatic carbocycles. The predicted molar refractivity (Wildman–Crippen MR) is 64.0 cm³/mol. The lowest BCUT2D eigenvalue weighted by Crippen LogP contribution is -2.42. The standard InChI is InChI=1S/C11H23N3O2/c1-3-5-7-14(8-6-4-2)9-10(15)13-11(12)16/h3-9H2,1-2H3,(H3,12,13,15,16). The molecule has 0 aliphatic rings. The largest absolute Gasteiger partial charge is 0.351 e. The molecule has 0 heterocycles. The fraction of sp³-hybridized carbons (Fsp3) is 0.818. The van der Waals surface area contributed by atoms with E-state index >= 15 is 0 Å². The Bertz CT molecular complexity index is 211. The zero-order valence-corrected chi connectivity index (χ0v) is 10.3. The maximum absolute atomic E-state index is 11.3. The van der Waals surface area contributed by atoms with E-state index in [9.17, 15) is 9.59 Å². The average Bonchev–Trinajstić information content (AvgIpc) is 2.20. The van der Waals surface area contributed by atoms with Gasteiger partial charge < -0.3 is 5.73 Å². The van der Waals surface area contributed by atoms with Crippen LogP contribution in [0, 0.1) is 0 Å². The molecule has 0 aliphatic heterocycles. The maximum atomic E-state index is 11.3. The number of nitrogens with two attached hydrogens (primary N) is 1. The van der Waals surface area contributed by atoms with E-state index in [4.69, 9.17) is 5.73 Å². The summed E-state index contributed by atoms with van der Waals surface area (Å²) in [5.74, 6) is -0.320. The molecule has 16 heavy (non-hydrogen) atoms. The second-order valence-corrected chi connectivity index (χ2v) is 3.90. The van der Waals surface area contributed by atoms with Crippen LogP contribution in [0.3, 0.4) is 0 Å². The maximum Gasteiger partial charge on any atom is 0.318 e. The summed E-state index contributed by atoms with van der Waals surface area (Å²) in [5.41, 5.74) is 4.88. The van der Waals surface area contributed by atoms with E-state index in [1.165, 1.54) is 0 Å². The van der Waals surface area contributed by atoms with Gasteiger partial charge in [0.15, 0.2) is 0 Å². The molecule has 0 radical (unpaired) electrons. The molecule has 0 saturated heterocycles. The SMILES string of the molecule is CCCCN(CCCC)CC(=O)NC(N)=O. The van der Waals surface area contributed by atoms with Crippen LogP contribution in [0.15, 0.2) is 0 Å². The number of carbonyl (C=O) groups excluding carboxylic acids is 2. The number of rotatable bonds is 8. The molecule has 5 nitrogen and oxygen atoms in total. The molecule has 0 spiro atoms. The summed E-state index contributed by atoms with van der Waals surface area (Å²) in [4.78, 5) is 23.9. The van der Waals surface area contributed by atoms with E-state index in [1.54, 1.807) is 0 Å². The molecule has 0 fully saturated rings.